The number of amides is 2. The van der Waals surface area contributed by atoms with Gasteiger partial charge in [-0.1, -0.05) is 17.7 Å². The number of aromatic nitrogens is 1. The van der Waals surface area contributed by atoms with E-state index in [-0.39, 0.29) is 18.4 Å². The Hall–Kier alpha value is -2.31. The Morgan fingerprint density at radius 2 is 1.97 bits per heavy atom. The molecule has 1 aromatic carbocycles. The molecule has 2 aromatic heterocycles. The lowest BCUT2D eigenvalue weighted by atomic mass is 10.1. The molecule has 3 aromatic rings. The van der Waals surface area contributed by atoms with Gasteiger partial charge in [0.15, 0.2) is 0 Å². The van der Waals surface area contributed by atoms with Crippen molar-refractivity contribution in [2.75, 3.05) is 13.1 Å². The van der Waals surface area contributed by atoms with E-state index in [1.165, 1.54) is 6.42 Å². The minimum absolute atomic E-state index is 0.000626. The summed E-state index contributed by atoms with van der Waals surface area (Å²) in [5.74, 6) is -0.172. The number of carbonyl (C=O) groups is 2. The van der Waals surface area contributed by atoms with E-state index >= 15 is 0 Å². The largest absolute Gasteiger partial charge is 0.343 e. The third kappa shape index (κ3) is 4.33. The molecule has 1 aliphatic heterocycles. The van der Waals surface area contributed by atoms with Gasteiger partial charge < -0.3 is 14.8 Å². The Labute approximate surface area is 179 Å². The Balaban J connectivity index is 1.54. The second-order valence-corrected chi connectivity index (χ2v) is 8.86. The van der Waals surface area contributed by atoms with Gasteiger partial charge >= 0.3 is 0 Å². The Morgan fingerprint density at radius 3 is 2.69 bits per heavy atom. The molecule has 29 heavy (non-hydrogen) atoms. The fraction of sp³-hybridized carbons (Fsp3) is 0.364. The number of thiophene rings is 1. The van der Waals surface area contributed by atoms with Gasteiger partial charge in [0.25, 0.3) is 0 Å². The summed E-state index contributed by atoms with van der Waals surface area (Å²) < 4.78 is 1.99. The highest BCUT2D eigenvalue weighted by molar-refractivity contribution is 7.13. The molecule has 1 atom stereocenters. The number of hydrogen-bond acceptors (Lipinski definition) is 3. The van der Waals surface area contributed by atoms with Gasteiger partial charge in [-0.2, -0.15) is 0 Å². The summed E-state index contributed by atoms with van der Waals surface area (Å²) in [5, 5.41) is 6.56. The van der Waals surface area contributed by atoms with Crippen molar-refractivity contribution in [3.8, 4) is 10.6 Å². The number of nitrogens with one attached hydrogen (secondary N) is 1. The average molecular weight is 430 g/mol. The fourth-order valence-corrected chi connectivity index (χ4v) is 4.85. The summed E-state index contributed by atoms with van der Waals surface area (Å²) in [7, 11) is 0. The quantitative estimate of drug-likeness (QED) is 0.647. The van der Waals surface area contributed by atoms with Crippen LogP contribution in [0.2, 0.25) is 5.02 Å². The van der Waals surface area contributed by atoms with Crippen LogP contribution in [-0.2, 0) is 16.1 Å². The topological polar surface area (TPSA) is 54.3 Å². The second kappa shape index (κ2) is 8.59. The maximum Gasteiger partial charge on any atom is 0.244 e. The number of piperidine rings is 1. The van der Waals surface area contributed by atoms with E-state index < -0.39 is 6.04 Å². The lowest BCUT2D eigenvalue weighted by Crippen LogP contribution is -2.49. The second-order valence-electron chi connectivity index (χ2n) is 7.47. The van der Waals surface area contributed by atoms with Gasteiger partial charge in [0.05, 0.1) is 10.6 Å². The smallest absolute Gasteiger partial charge is 0.244 e. The first-order valence-electron chi connectivity index (χ1n) is 9.94. The minimum atomic E-state index is -0.526. The van der Waals surface area contributed by atoms with Gasteiger partial charge in [-0.25, -0.2) is 0 Å². The van der Waals surface area contributed by atoms with Gasteiger partial charge in [-0.15, -0.1) is 11.3 Å². The van der Waals surface area contributed by atoms with Gasteiger partial charge in [-0.3, -0.25) is 9.59 Å². The average Bonchev–Trinajstić information content (AvgIpc) is 3.36. The highest BCUT2D eigenvalue weighted by Gasteiger charge is 2.24. The molecular weight excluding hydrogens is 406 g/mol. The van der Waals surface area contributed by atoms with E-state index in [1.807, 2.05) is 45.2 Å². The number of rotatable bonds is 5. The molecule has 0 aliphatic carbocycles. The first-order chi connectivity index (χ1) is 14.0. The molecule has 7 heteroatoms. The van der Waals surface area contributed by atoms with Crippen molar-refractivity contribution in [1.82, 2.24) is 14.8 Å². The van der Waals surface area contributed by atoms with Crippen LogP contribution in [0.4, 0.5) is 0 Å². The Morgan fingerprint density at radius 1 is 1.17 bits per heavy atom. The molecule has 0 radical (unpaired) electrons. The molecule has 0 unspecified atom stereocenters. The van der Waals surface area contributed by atoms with E-state index in [9.17, 15) is 9.59 Å². The summed E-state index contributed by atoms with van der Waals surface area (Å²) in [4.78, 5) is 28.4. The van der Waals surface area contributed by atoms with Crippen molar-refractivity contribution in [3.63, 3.8) is 0 Å². The Kier molecular flexibility index (Phi) is 5.92. The maximum atomic E-state index is 12.8. The highest BCUT2D eigenvalue weighted by Crippen LogP contribution is 2.32. The van der Waals surface area contributed by atoms with Crippen molar-refractivity contribution >= 4 is 45.7 Å². The van der Waals surface area contributed by atoms with Crippen LogP contribution in [0, 0.1) is 0 Å². The monoisotopic (exact) mass is 429 g/mol. The number of hydrogen-bond donors (Lipinski definition) is 1. The molecule has 3 heterocycles. The zero-order valence-corrected chi connectivity index (χ0v) is 17.9. The van der Waals surface area contributed by atoms with E-state index in [0.717, 1.165) is 47.4 Å². The third-order valence-electron chi connectivity index (χ3n) is 5.35. The molecule has 1 N–H and O–H groups in total. The Bertz CT molecular complexity index is 1020. The molecule has 1 aliphatic rings. The van der Waals surface area contributed by atoms with Gasteiger partial charge in [0.2, 0.25) is 11.8 Å². The molecule has 1 saturated heterocycles. The standard InChI is InChI=1S/C22H24ClN3O2S/c1-15(22(28)25-9-3-2-4-10-25)24-21(27)14-26-18-8-7-17(23)12-16(18)13-19(26)20-6-5-11-29-20/h5-8,11-13,15H,2-4,9-10,14H2,1H3,(H,24,27)/t15-/m1/s1. The zero-order chi connectivity index (χ0) is 20.4. The van der Waals surface area contributed by atoms with E-state index in [4.69, 9.17) is 11.6 Å². The van der Waals surface area contributed by atoms with Crippen molar-refractivity contribution in [2.24, 2.45) is 0 Å². The van der Waals surface area contributed by atoms with E-state index in [2.05, 4.69) is 11.4 Å². The van der Waals surface area contributed by atoms with Gasteiger partial charge in [0, 0.05) is 29.0 Å². The summed E-state index contributed by atoms with van der Waals surface area (Å²) in [5.41, 5.74) is 1.92. The maximum absolute atomic E-state index is 12.8. The molecule has 2 amide bonds. The molecule has 0 saturated carbocycles. The van der Waals surface area contributed by atoms with Crippen LogP contribution in [0.15, 0.2) is 41.8 Å². The summed E-state index contributed by atoms with van der Waals surface area (Å²) in [6.45, 7) is 3.48. The number of nitrogens with zero attached hydrogens (tertiary/aromatic N) is 2. The van der Waals surface area contributed by atoms with E-state index in [0.29, 0.717) is 5.02 Å². The van der Waals surface area contributed by atoms with Crippen LogP contribution in [0.5, 0.6) is 0 Å². The van der Waals surface area contributed by atoms with Crippen molar-refractivity contribution < 1.29 is 9.59 Å². The first kappa shape index (κ1) is 20.0. The SMILES string of the molecule is C[C@@H](NC(=O)Cn1c(-c2cccs2)cc2cc(Cl)ccc21)C(=O)N1CCCCC1. The highest BCUT2D eigenvalue weighted by atomic mass is 35.5. The predicted octanol–water partition coefficient (Wildman–Crippen LogP) is 4.54. The van der Waals surface area contributed by atoms with Crippen LogP contribution in [0.25, 0.3) is 21.5 Å². The van der Waals surface area contributed by atoms with Crippen molar-refractivity contribution in [3.05, 3.63) is 46.8 Å². The van der Waals surface area contributed by atoms with Crippen LogP contribution >= 0.6 is 22.9 Å². The lowest BCUT2D eigenvalue weighted by Gasteiger charge is -2.29. The molecule has 0 bridgehead atoms. The fourth-order valence-electron chi connectivity index (χ4n) is 3.92. The van der Waals surface area contributed by atoms with Crippen LogP contribution < -0.4 is 5.32 Å². The predicted molar refractivity (Wildman–Crippen MR) is 118 cm³/mol. The van der Waals surface area contributed by atoms with Crippen LogP contribution in [-0.4, -0.2) is 40.4 Å². The van der Waals surface area contributed by atoms with E-state index in [1.54, 1.807) is 18.3 Å². The molecule has 152 valence electrons. The van der Waals surface area contributed by atoms with Crippen LogP contribution in [0.3, 0.4) is 0 Å². The number of fused-ring (bicyclic) bond motifs is 1. The molecule has 0 spiro atoms. The lowest BCUT2D eigenvalue weighted by molar-refractivity contribution is -0.136. The van der Waals surface area contributed by atoms with Crippen molar-refractivity contribution in [1.29, 1.82) is 0 Å². The number of halogens is 1. The van der Waals surface area contributed by atoms with Gasteiger partial charge in [-0.05, 0) is 61.9 Å². The summed E-state index contributed by atoms with van der Waals surface area (Å²) in [6, 6.07) is 11.2. The van der Waals surface area contributed by atoms with Crippen LogP contribution in [0.1, 0.15) is 26.2 Å². The van der Waals surface area contributed by atoms with Gasteiger partial charge in [0.1, 0.15) is 12.6 Å². The summed E-state index contributed by atoms with van der Waals surface area (Å²) in [6.07, 6.45) is 3.24. The molecule has 5 nitrogen and oxygen atoms in total. The normalized spacial score (nSPS) is 15.4. The molecule has 1 fully saturated rings. The third-order valence-corrected chi connectivity index (χ3v) is 6.48. The summed E-state index contributed by atoms with van der Waals surface area (Å²) >= 11 is 7.79. The minimum Gasteiger partial charge on any atom is -0.343 e. The van der Waals surface area contributed by atoms with Crippen molar-refractivity contribution in [2.45, 2.75) is 38.8 Å². The number of benzene rings is 1. The number of carbonyl (C=O) groups excluding carboxylic acids is 2. The molecule has 4 rings (SSSR count). The zero-order valence-electron chi connectivity index (χ0n) is 16.4. The first-order valence-corrected chi connectivity index (χ1v) is 11.2. The molecular formula is C22H24ClN3O2S. The number of likely N-dealkylation sites (tertiary alicyclic amines) is 1.